The molecular weight excluding hydrogens is 238 g/mol. The summed E-state index contributed by atoms with van der Waals surface area (Å²) in [4.78, 5) is 3.05. The van der Waals surface area contributed by atoms with Crippen molar-refractivity contribution in [2.45, 2.75) is 57.3 Å². The summed E-state index contributed by atoms with van der Waals surface area (Å²) in [6.45, 7) is 2.23. The largest absolute Gasteiger partial charge is 0.398 e. The average molecular weight is 261 g/mol. The van der Waals surface area contributed by atoms with Crippen LogP contribution in [0.2, 0.25) is 0 Å². The van der Waals surface area contributed by atoms with Crippen molar-refractivity contribution in [1.82, 2.24) is 0 Å². The van der Waals surface area contributed by atoms with E-state index in [9.17, 15) is 0 Å². The van der Waals surface area contributed by atoms with Gasteiger partial charge in [-0.05, 0) is 68.8 Å². The molecular formula is C16H23NS. The molecule has 18 heavy (non-hydrogen) atoms. The molecule has 2 N–H and O–H groups in total. The van der Waals surface area contributed by atoms with Gasteiger partial charge in [0.05, 0.1) is 0 Å². The Labute approximate surface area is 114 Å². The first-order valence-corrected chi connectivity index (χ1v) is 8.39. The molecule has 0 amide bonds. The first-order chi connectivity index (χ1) is 8.68. The zero-order valence-corrected chi connectivity index (χ0v) is 12.1. The summed E-state index contributed by atoms with van der Waals surface area (Å²) in [7, 11) is 0. The van der Waals surface area contributed by atoms with Crippen molar-refractivity contribution in [2.24, 2.45) is 17.8 Å². The Kier molecular flexibility index (Phi) is 2.36. The molecule has 4 bridgehead atoms. The molecule has 0 aliphatic heterocycles. The van der Waals surface area contributed by atoms with E-state index in [-0.39, 0.29) is 0 Å². The number of nitrogen functional groups attached to an aromatic ring is 1. The Morgan fingerprint density at radius 3 is 2.17 bits per heavy atom. The highest BCUT2D eigenvalue weighted by atomic mass is 32.1. The van der Waals surface area contributed by atoms with E-state index in [1.165, 1.54) is 43.4 Å². The van der Waals surface area contributed by atoms with Gasteiger partial charge in [-0.25, -0.2) is 0 Å². The fourth-order valence-corrected chi connectivity index (χ4v) is 6.63. The molecule has 4 fully saturated rings. The molecule has 1 heterocycles. The van der Waals surface area contributed by atoms with Gasteiger partial charge >= 0.3 is 0 Å². The van der Waals surface area contributed by atoms with E-state index >= 15 is 0 Å². The smallest absolute Gasteiger partial charge is 0.0458 e. The number of hydrogen-bond donors (Lipinski definition) is 1. The zero-order valence-electron chi connectivity index (χ0n) is 11.2. The molecule has 98 valence electrons. The monoisotopic (exact) mass is 261 g/mol. The molecule has 0 radical (unpaired) electrons. The molecule has 2 heteroatoms. The predicted octanol–water partition coefficient (Wildman–Crippen LogP) is 4.36. The van der Waals surface area contributed by atoms with Crippen LogP contribution in [0, 0.1) is 17.8 Å². The van der Waals surface area contributed by atoms with Crippen LogP contribution >= 0.6 is 11.3 Å². The van der Waals surface area contributed by atoms with Crippen LogP contribution in [0.4, 0.5) is 5.69 Å². The van der Waals surface area contributed by atoms with Gasteiger partial charge in [-0.3, -0.25) is 0 Å². The summed E-state index contributed by atoms with van der Waals surface area (Å²) in [5.74, 6) is 3.10. The highest BCUT2D eigenvalue weighted by molar-refractivity contribution is 7.12. The SMILES string of the molecule is CCc1sc(C23CC4CC(CC(C4)C2)C3)cc1N. The fraction of sp³-hybridized carbons (Fsp3) is 0.750. The molecule has 4 saturated carbocycles. The molecule has 1 nitrogen and oxygen atoms in total. The van der Waals surface area contributed by atoms with Crippen LogP contribution in [0.3, 0.4) is 0 Å². The first kappa shape index (κ1) is 11.3. The molecule has 1 aromatic rings. The Bertz CT molecular complexity index is 438. The van der Waals surface area contributed by atoms with Gasteiger partial charge in [0.15, 0.2) is 0 Å². The zero-order chi connectivity index (χ0) is 12.3. The van der Waals surface area contributed by atoms with Crippen molar-refractivity contribution >= 4 is 17.0 Å². The van der Waals surface area contributed by atoms with E-state index in [4.69, 9.17) is 5.73 Å². The van der Waals surface area contributed by atoms with Crippen LogP contribution < -0.4 is 5.73 Å². The van der Waals surface area contributed by atoms with E-state index in [1.54, 1.807) is 4.88 Å². The lowest BCUT2D eigenvalue weighted by molar-refractivity contribution is -0.00345. The van der Waals surface area contributed by atoms with Crippen molar-refractivity contribution in [1.29, 1.82) is 0 Å². The van der Waals surface area contributed by atoms with Crippen molar-refractivity contribution < 1.29 is 0 Å². The van der Waals surface area contributed by atoms with E-state index in [2.05, 4.69) is 13.0 Å². The molecule has 4 aliphatic rings. The number of rotatable bonds is 2. The third-order valence-corrected chi connectivity index (χ3v) is 7.27. The number of aryl methyl sites for hydroxylation is 1. The third kappa shape index (κ3) is 1.51. The summed E-state index contributed by atoms with van der Waals surface area (Å²) in [6.07, 6.45) is 10.1. The second-order valence-electron chi connectivity index (χ2n) is 7.04. The Morgan fingerprint density at radius 2 is 1.72 bits per heavy atom. The summed E-state index contributed by atoms with van der Waals surface area (Å²) >= 11 is 2.02. The molecule has 4 aliphatic carbocycles. The minimum atomic E-state index is 0.543. The van der Waals surface area contributed by atoms with Gasteiger partial charge < -0.3 is 5.73 Å². The predicted molar refractivity (Wildman–Crippen MR) is 78.0 cm³/mol. The summed E-state index contributed by atoms with van der Waals surface area (Å²) in [5.41, 5.74) is 7.79. The molecule has 0 saturated heterocycles. The number of nitrogens with two attached hydrogens (primary N) is 1. The van der Waals surface area contributed by atoms with Gasteiger partial charge in [0.25, 0.3) is 0 Å². The van der Waals surface area contributed by atoms with Crippen molar-refractivity contribution in [3.63, 3.8) is 0 Å². The van der Waals surface area contributed by atoms with Crippen molar-refractivity contribution in [3.05, 3.63) is 15.8 Å². The maximum atomic E-state index is 6.18. The standard InChI is InChI=1S/C16H23NS/c1-2-14-13(17)6-15(18-14)16-7-10-3-11(8-16)5-12(4-10)9-16/h6,10-12H,2-5,7-9,17H2,1H3. The van der Waals surface area contributed by atoms with Crippen LogP contribution in [0.5, 0.6) is 0 Å². The van der Waals surface area contributed by atoms with Crippen LogP contribution in [0.25, 0.3) is 0 Å². The van der Waals surface area contributed by atoms with Crippen LogP contribution in [-0.4, -0.2) is 0 Å². The molecule has 0 atom stereocenters. The second kappa shape index (κ2) is 3.75. The summed E-state index contributed by atoms with van der Waals surface area (Å²) < 4.78 is 0. The van der Waals surface area contributed by atoms with Gasteiger partial charge in [0, 0.05) is 20.9 Å². The van der Waals surface area contributed by atoms with Crippen LogP contribution in [0.15, 0.2) is 6.07 Å². The minimum Gasteiger partial charge on any atom is -0.398 e. The molecule has 1 aromatic heterocycles. The van der Waals surface area contributed by atoms with Gasteiger partial charge in [-0.15, -0.1) is 11.3 Å². The highest BCUT2D eigenvalue weighted by Crippen LogP contribution is 2.61. The van der Waals surface area contributed by atoms with E-state index in [0.717, 1.165) is 29.9 Å². The van der Waals surface area contributed by atoms with Crippen molar-refractivity contribution in [2.75, 3.05) is 5.73 Å². The van der Waals surface area contributed by atoms with E-state index in [1.807, 2.05) is 11.3 Å². The molecule has 5 rings (SSSR count). The van der Waals surface area contributed by atoms with E-state index < -0.39 is 0 Å². The summed E-state index contributed by atoms with van der Waals surface area (Å²) in [5, 5.41) is 0. The lowest BCUT2D eigenvalue weighted by atomic mass is 9.49. The molecule has 0 aromatic carbocycles. The number of anilines is 1. The van der Waals surface area contributed by atoms with Crippen molar-refractivity contribution in [3.8, 4) is 0 Å². The maximum Gasteiger partial charge on any atom is 0.0458 e. The minimum absolute atomic E-state index is 0.543. The van der Waals surface area contributed by atoms with Gasteiger partial charge in [0.2, 0.25) is 0 Å². The van der Waals surface area contributed by atoms with Gasteiger partial charge in [-0.1, -0.05) is 6.92 Å². The van der Waals surface area contributed by atoms with E-state index in [0.29, 0.717) is 5.41 Å². The average Bonchev–Trinajstić information content (AvgIpc) is 2.69. The van der Waals surface area contributed by atoms with Gasteiger partial charge in [0.1, 0.15) is 0 Å². The molecule has 0 spiro atoms. The van der Waals surface area contributed by atoms with Crippen LogP contribution in [-0.2, 0) is 11.8 Å². The summed E-state index contributed by atoms with van der Waals surface area (Å²) in [6, 6.07) is 2.33. The Morgan fingerprint density at radius 1 is 1.17 bits per heavy atom. The third-order valence-electron chi connectivity index (χ3n) is 5.72. The van der Waals surface area contributed by atoms with Crippen LogP contribution in [0.1, 0.15) is 55.2 Å². The normalized spacial score (nSPS) is 41.5. The fourth-order valence-electron chi connectivity index (χ4n) is 5.39. The lowest BCUT2D eigenvalue weighted by Crippen LogP contribution is -2.48. The quantitative estimate of drug-likeness (QED) is 0.841. The lowest BCUT2D eigenvalue weighted by Gasteiger charge is -2.56. The number of thiophene rings is 1. The Hall–Kier alpha value is -0.500. The first-order valence-electron chi connectivity index (χ1n) is 7.57. The molecule has 0 unspecified atom stereocenters. The Balaban J connectivity index is 1.74. The highest BCUT2D eigenvalue weighted by Gasteiger charge is 2.52. The maximum absolute atomic E-state index is 6.18. The number of hydrogen-bond acceptors (Lipinski definition) is 2. The second-order valence-corrected chi connectivity index (χ2v) is 8.18. The van der Waals surface area contributed by atoms with Gasteiger partial charge in [-0.2, -0.15) is 0 Å². The topological polar surface area (TPSA) is 26.0 Å².